The minimum atomic E-state index is -4.60. The van der Waals surface area contributed by atoms with E-state index in [2.05, 4.69) is 11.9 Å². The fourth-order valence-corrected chi connectivity index (χ4v) is 2.77. The van der Waals surface area contributed by atoms with Gasteiger partial charge < -0.3 is 5.11 Å². The van der Waals surface area contributed by atoms with Crippen LogP contribution in [-0.4, -0.2) is 10.1 Å². The van der Waals surface area contributed by atoms with Crippen LogP contribution in [0.5, 0.6) is 0 Å². The van der Waals surface area contributed by atoms with Gasteiger partial charge in [0, 0.05) is 11.1 Å². The third kappa shape index (κ3) is 5.30. The monoisotopic (exact) mass is 351 g/mol. The topological polar surface area (TPSA) is 33.1 Å². The molecule has 0 radical (unpaired) electrons. The normalized spacial score (nSPS) is 13.0. The van der Waals surface area contributed by atoms with Crippen LogP contribution in [-0.2, 0) is 6.18 Å². The predicted octanol–water partition coefficient (Wildman–Crippen LogP) is 6.08. The largest absolute Gasteiger partial charge is 0.433 e. The second-order valence-electron chi connectivity index (χ2n) is 6.36. The molecule has 0 saturated carbocycles. The van der Waals surface area contributed by atoms with Gasteiger partial charge in [-0.2, -0.15) is 13.2 Å². The van der Waals surface area contributed by atoms with Crippen molar-refractivity contribution in [2.45, 2.75) is 58.2 Å². The van der Waals surface area contributed by atoms with Gasteiger partial charge in [-0.05, 0) is 19.4 Å². The molecule has 0 bridgehead atoms. The van der Waals surface area contributed by atoms with Crippen molar-refractivity contribution in [1.29, 1.82) is 0 Å². The molecule has 1 aromatic carbocycles. The van der Waals surface area contributed by atoms with Crippen LogP contribution in [0.15, 0.2) is 36.4 Å². The molecule has 5 heteroatoms. The number of unbranched alkanes of at least 4 members (excludes halogenated alkanes) is 3. The van der Waals surface area contributed by atoms with Crippen molar-refractivity contribution in [1.82, 2.24) is 4.98 Å². The second kappa shape index (κ2) is 8.48. The Balaban J connectivity index is 2.29. The number of benzene rings is 1. The average molecular weight is 351 g/mol. The number of halogens is 3. The van der Waals surface area contributed by atoms with Crippen molar-refractivity contribution in [2.75, 3.05) is 0 Å². The molecule has 136 valence electrons. The average Bonchev–Trinajstić information content (AvgIpc) is 2.58. The molecule has 0 aliphatic heterocycles. The molecule has 2 rings (SSSR count). The van der Waals surface area contributed by atoms with E-state index >= 15 is 0 Å². The quantitative estimate of drug-likeness (QED) is 0.613. The zero-order valence-corrected chi connectivity index (χ0v) is 14.6. The van der Waals surface area contributed by atoms with Crippen molar-refractivity contribution in [3.8, 4) is 11.3 Å². The molecule has 0 amide bonds. The Hall–Kier alpha value is -1.88. The van der Waals surface area contributed by atoms with Crippen molar-refractivity contribution in [2.24, 2.45) is 0 Å². The highest BCUT2D eigenvalue weighted by atomic mass is 19.4. The number of nitrogens with zero attached hydrogens (tertiary/aromatic N) is 1. The van der Waals surface area contributed by atoms with Gasteiger partial charge in [-0.25, -0.2) is 4.98 Å². The van der Waals surface area contributed by atoms with Crippen molar-refractivity contribution < 1.29 is 18.3 Å². The molecule has 0 unspecified atom stereocenters. The van der Waals surface area contributed by atoms with Crippen LogP contribution in [0.3, 0.4) is 0 Å². The number of aliphatic hydroxyl groups excluding tert-OH is 1. The van der Waals surface area contributed by atoms with Gasteiger partial charge in [0.25, 0.3) is 0 Å². The van der Waals surface area contributed by atoms with Crippen LogP contribution in [0.4, 0.5) is 13.2 Å². The van der Waals surface area contributed by atoms with Gasteiger partial charge in [-0.1, -0.05) is 68.5 Å². The van der Waals surface area contributed by atoms with Gasteiger partial charge in [0.15, 0.2) is 5.69 Å². The summed E-state index contributed by atoms with van der Waals surface area (Å²) >= 11 is 0. The minimum absolute atomic E-state index is 0.139. The summed E-state index contributed by atoms with van der Waals surface area (Å²) in [5.74, 6) is 0. The molecule has 0 saturated heterocycles. The Morgan fingerprint density at radius 3 is 2.28 bits per heavy atom. The number of pyridine rings is 1. The zero-order chi connectivity index (χ0) is 18.4. The van der Waals surface area contributed by atoms with Crippen LogP contribution in [0.2, 0.25) is 0 Å². The predicted molar refractivity (Wildman–Crippen MR) is 93.1 cm³/mol. The fourth-order valence-electron chi connectivity index (χ4n) is 2.77. The number of aliphatic hydroxyl groups is 1. The third-order valence-corrected chi connectivity index (χ3v) is 4.23. The molecule has 0 aliphatic carbocycles. The smallest absolute Gasteiger partial charge is 0.388 e. The Morgan fingerprint density at radius 1 is 1.00 bits per heavy atom. The summed E-state index contributed by atoms with van der Waals surface area (Å²) in [6.45, 7) is 3.97. The van der Waals surface area contributed by atoms with E-state index in [1.165, 1.54) is 6.07 Å². The van der Waals surface area contributed by atoms with Crippen LogP contribution >= 0.6 is 0 Å². The maximum atomic E-state index is 13.4. The van der Waals surface area contributed by atoms with Crippen molar-refractivity contribution in [3.05, 3.63) is 53.2 Å². The molecule has 2 aromatic rings. The highest BCUT2D eigenvalue weighted by Gasteiger charge is 2.37. The first-order chi connectivity index (χ1) is 11.8. The van der Waals surface area contributed by atoms with Gasteiger partial charge >= 0.3 is 6.18 Å². The van der Waals surface area contributed by atoms with E-state index in [1.807, 2.05) is 19.1 Å². The van der Waals surface area contributed by atoms with Crippen LogP contribution in [0, 0.1) is 6.92 Å². The van der Waals surface area contributed by atoms with E-state index in [9.17, 15) is 18.3 Å². The molecule has 25 heavy (non-hydrogen) atoms. The number of alkyl halides is 3. The summed E-state index contributed by atoms with van der Waals surface area (Å²) in [4.78, 5) is 3.82. The number of rotatable bonds is 7. The molecule has 0 fully saturated rings. The molecular formula is C20H24F3NO. The summed E-state index contributed by atoms with van der Waals surface area (Å²) in [6.07, 6.45) is -1.77. The SMILES string of the molecule is CCCCCC[C@@H](O)c1ccc(-c2ccc(C)cc2)nc1C(F)(F)F. The third-order valence-electron chi connectivity index (χ3n) is 4.23. The first-order valence-corrected chi connectivity index (χ1v) is 8.66. The summed E-state index contributed by atoms with van der Waals surface area (Å²) in [5, 5.41) is 10.2. The van der Waals surface area contributed by atoms with E-state index in [0.717, 1.165) is 24.8 Å². The van der Waals surface area contributed by atoms with Gasteiger partial charge in [0.05, 0.1) is 11.8 Å². The molecule has 1 aromatic heterocycles. The van der Waals surface area contributed by atoms with Gasteiger partial charge in [-0.3, -0.25) is 0 Å². The highest BCUT2D eigenvalue weighted by molar-refractivity contribution is 5.60. The summed E-state index contributed by atoms with van der Waals surface area (Å²) in [5.41, 5.74) is 0.779. The lowest BCUT2D eigenvalue weighted by Crippen LogP contribution is -2.15. The number of hydrogen-bond acceptors (Lipinski definition) is 2. The van der Waals surface area contributed by atoms with Gasteiger partial charge in [-0.15, -0.1) is 0 Å². The Morgan fingerprint density at radius 2 is 1.68 bits per heavy atom. The number of aromatic nitrogens is 1. The van der Waals surface area contributed by atoms with E-state index < -0.39 is 18.0 Å². The lowest BCUT2D eigenvalue weighted by atomic mass is 9.99. The van der Waals surface area contributed by atoms with Crippen LogP contribution in [0.1, 0.15) is 62.0 Å². The first-order valence-electron chi connectivity index (χ1n) is 8.66. The number of hydrogen-bond donors (Lipinski definition) is 1. The lowest BCUT2D eigenvalue weighted by molar-refractivity contribution is -0.142. The van der Waals surface area contributed by atoms with Gasteiger partial charge in [0.1, 0.15) is 0 Å². The van der Waals surface area contributed by atoms with Gasteiger partial charge in [0.2, 0.25) is 0 Å². The summed E-state index contributed by atoms with van der Waals surface area (Å²) in [6, 6.07) is 10.1. The maximum absolute atomic E-state index is 13.4. The number of aryl methyl sites for hydroxylation is 1. The molecule has 1 heterocycles. The minimum Gasteiger partial charge on any atom is -0.388 e. The summed E-state index contributed by atoms with van der Waals surface area (Å²) in [7, 11) is 0. The maximum Gasteiger partial charge on any atom is 0.433 e. The van der Waals surface area contributed by atoms with Crippen molar-refractivity contribution >= 4 is 0 Å². The Bertz CT molecular complexity index is 680. The highest BCUT2D eigenvalue weighted by Crippen LogP contribution is 2.36. The molecule has 1 N–H and O–H groups in total. The lowest BCUT2D eigenvalue weighted by Gasteiger charge is -2.18. The molecular weight excluding hydrogens is 327 g/mol. The molecule has 0 spiro atoms. The zero-order valence-electron chi connectivity index (χ0n) is 14.6. The van der Waals surface area contributed by atoms with E-state index in [4.69, 9.17) is 0 Å². The molecule has 2 nitrogen and oxygen atoms in total. The Kier molecular flexibility index (Phi) is 6.59. The van der Waals surface area contributed by atoms with Crippen LogP contribution in [0.25, 0.3) is 11.3 Å². The second-order valence-corrected chi connectivity index (χ2v) is 6.36. The standard InChI is InChI=1S/C20H24F3NO/c1-3-4-5-6-7-18(25)16-12-13-17(24-19(16)20(21,22)23)15-10-8-14(2)9-11-15/h8-13,18,25H,3-7H2,1-2H3/t18-/m1/s1. The summed E-state index contributed by atoms with van der Waals surface area (Å²) < 4.78 is 40.3. The molecule has 1 atom stereocenters. The van der Waals surface area contributed by atoms with Crippen molar-refractivity contribution in [3.63, 3.8) is 0 Å². The van der Waals surface area contributed by atoms with E-state index in [1.54, 1.807) is 18.2 Å². The van der Waals surface area contributed by atoms with Crippen LogP contribution < -0.4 is 0 Å². The fraction of sp³-hybridized carbons (Fsp3) is 0.450. The van der Waals surface area contributed by atoms with E-state index in [-0.39, 0.29) is 11.3 Å². The Labute approximate surface area is 146 Å². The molecule has 0 aliphatic rings. The van der Waals surface area contributed by atoms with E-state index in [0.29, 0.717) is 18.4 Å². The first kappa shape index (κ1) is 19.4.